The summed E-state index contributed by atoms with van der Waals surface area (Å²) in [6.45, 7) is 0. The Balaban J connectivity index is 0.966. The summed E-state index contributed by atoms with van der Waals surface area (Å²) in [5.41, 5.74) is 11.0. The van der Waals surface area contributed by atoms with Crippen LogP contribution >= 0.6 is 0 Å². The van der Waals surface area contributed by atoms with Crippen LogP contribution in [0.2, 0.25) is 0 Å². The van der Waals surface area contributed by atoms with Crippen LogP contribution in [0.3, 0.4) is 0 Å². The third kappa shape index (κ3) is 4.09. The molecule has 7 aromatic carbocycles. The molecule has 3 aliphatic rings. The van der Waals surface area contributed by atoms with Crippen LogP contribution < -0.4 is 4.74 Å². The number of allylic oxidation sites excluding steroid dienone is 8. The van der Waals surface area contributed by atoms with Crippen LogP contribution in [0.1, 0.15) is 41.9 Å². The molecular weight excluding hydrogens is 609 g/mol. The van der Waals surface area contributed by atoms with Crippen molar-refractivity contribution >= 4 is 65.4 Å². The summed E-state index contributed by atoms with van der Waals surface area (Å²) in [5, 5.41) is 9.82. The Labute approximate surface area is 289 Å². The first-order chi connectivity index (χ1) is 24.8. The van der Waals surface area contributed by atoms with Gasteiger partial charge in [-0.25, -0.2) is 0 Å². The first kappa shape index (κ1) is 27.8. The van der Waals surface area contributed by atoms with Crippen molar-refractivity contribution in [1.82, 2.24) is 0 Å². The molecule has 0 fully saturated rings. The largest absolute Gasteiger partial charge is 0.460 e. The van der Waals surface area contributed by atoms with E-state index in [1.54, 1.807) is 0 Å². The number of hydrogen-bond acceptors (Lipinski definition) is 2. The topological polar surface area (TPSA) is 22.4 Å². The van der Waals surface area contributed by atoms with E-state index in [4.69, 9.17) is 9.15 Å². The molecule has 50 heavy (non-hydrogen) atoms. The molecule has 236 valence electrons. The lowest BCUT2D eigenvalue weighted by Crippen LogP contribution is -2.04. The van der Waals surface area contributed by atoms with Crippen molar-refractivity contribution in [1.29, 1.82) is 0 Å². The van der Waals surface area contributed by atoms with E-state index in [0.717, 1.165) is 63.5 Å². The molecule has 0 saturated carbocycles. The Morgan fingerprint density at radius 3 is 1.96 bits per heavy atom. The van der Waals surface area contributed by atoms with Crippen molar-refractivity contribution in [2.75, 3.05) is 0 Å². The van der Waals surface area contributed by atoms with Gasteiger partial charge in [-0.3, -0.25) is 0 Å². The van der Waals surface area contributed by atoms with Crippen LogP contribution in [-0.4, -0.2) is 0 Å². The van der Waals surface area contributed by atoms with Gasteiger partial charge in [0, 0.05) is 27.6 Å². The zero-order chi connectivity index (χ0) is 32.8. The van der Waals surface area contributed by atoms with E-state index in [1.165, 1.54) is 60.5 Å². The van der Waals surface area contributed by atoms with Crippen molar-refractivity contribution in [3.8, 4) is 16.9 Å². The second-order valence-electron chi connectivity index (χ2n) is 13.8. The number of furan rings is 1. The van der Waals surface area contributed by atoms with Crippen LogP contribution in [0.5, 0.6) is 5.75 Å². The quantitative estimate of drug-likeness (QED) is 0.179. The maximum atomic E-state index is 6.64. The predicted molar refractivity (Wildman–Crippen MR) is 209 cm³/mol. The molecule has 0 bridgehead atoms. The van der Waals surface area contributed by atoms with Gasteiger partial charge in [-0.2, -0.15) is 0 Å². The summed E-state index contributed by atoms with van der Waals surface area (Å²) in [6, 6.07) is 44.3. The predicted octanol–water partition coefficient (Wildman–Crippen LogP) is 13.3. The summed E-state index contributed by atoms with van der Waals surface area (Å²) < 4.78 is 12.8. The molecule has 2 nitrogen and oxygen atoms in total. The highest BCUT2D eigenvalue weighted by Crippen LogP contribution is 2.51. The van der Waals surface area contributed by atoms with Gasteiger partial charge in [0.1, 0.15) is 22.7 Å². The average Bonchev–Trinajstić information content (AvgIpc) is 3.74. The average molecular weight is 641 g/mol. The van der Waals surface area contributed by atoms with Crippen LogP contribution in [0.15, 0.2) is 162 Å². The molecule has 2 heterocycles. The Morgan fingerprint density at radius 1 is 0.520 bits per heavy atom. The van der Waals surface area contributed by atoms with Gasteiger partial charge in [0.2, 0.25) is 0 Å². The van der Waals surface area contributed by atoms with E-state index in [9.17, 15) is 0 Å². The summed E-state index contributed by atoms with van der Waals surface area (Å²) in [7, 11) is 0. The minimum Gasteiger partial charge on any atom is -0.460 e. The van der Waals surface area contributed by atoms with Crippen LogP contribution in [0, 0.1) is 0 Å². The minimum absolute atomic E-state index is 0.204. The lowest BCUT2D eigenvalue weighted by Gasteiger charge is -2.21. The fourth-order valence-electron chi connectivity index (χ4n) is 8.76. The van der Waals surface area contributed by atoms with Crippen LogP contribution in [0.25, 0.3) is 76.5 Å². The van der Waals surface area contributed by atoms with Crippen molar-refractivity contribution in [2.24, 2.45) is 0 Å². The molecule has 1 atom stereocenters. The first-order valence-electron chi connectivity index (χ1n) is 17.7. The summed E-state index contributed by atoms with van der Waals surface area (Å²) >= 11 is 0. The van der Waals surface area contributed by atoms with Crippen molar-refractivity contribution < 1.29 is 9.15 Å². The van der Waals surface area contributed by atoms with Crippen molar-refractivity contribution in [3.63, 3.8) is 0 Å². The number of para-hydroxylation sites is 1. The molecule has 1 aromatic heterocycles. The summed E-state index contributed by atoms with van der Waals surface area (Å²) in [4.78, 5) is 0. The fourth-order valence-corrected chi connectivity index (χ4v) is 8.76. The molecule has 0 amide bonds. The molecular formula is C48H32O2. The summed E-state index contributed by atoms with van der Waals surface area (Å²) in [5.74, 6) is 2.22. The maximum absolute atomic E-state index is 6.64. The van der Waals surface area contributed by atoms with Gasteiger partial charge in [0.15, 0.2) is 0 Å². The standard InChI is InChI=1S/C48H32O2/c1-2-10-30(11-3-1)46-35-13-4-6-15-37(35)47(38-16-7-5-14-36(38)46)31-20-18-29(19-21-31)32-23-25-44-41(26-32)39-24-22-33-27-45-42(28-40(33)48(39)50-44)34-12-8-9-17-43(34)49-45/h1-2,4-10,12-25,27-28,41H,3,11,26H2. The molecule has 0 radical (unpaired) electrons. The van der Waals surface area contributed by atoms with E-state index >= 15 is 0 Å². The van der Waals surface area contributed by atoms with Gasteiger partial charge in [0.05, 0.1) is 0 Å². The lowest BCUT2D eigenvalue weighted by atomic mass is 9.83. The Hall–Kier alpha value is -6.12. The molecule has 2 aliphatic carbocycles. The Kier molecular flexibility index (Phi) is 5.94. The van der Waals surface area contributed by atoms with Crippen LogP contribution in [-0.2, 0) is 0 Å². The normalized spacial score (nSPS) is 16.8. The zero-order valence-electron chi connectivity index (χ0n) is 27.4. The Morgan fingerprint density at radius 2 is 1.22 bits per heavy atom. The molecule has 0 spiro atoms. The molecule has 11 rings (SSSR count). The number of fused-ring (bicyclic) bond motifs is 10. The van der Waals surface area contributed by atoms with Gasteiger partial charge in [-0.05, 0) is 104 Å². The minimum atomic E-state index is 0.204. The number of benzene rings is 7. The zero-order valence-corrected chi connectivity index (χ0v) is 27.4. The Bertz CT molecular complexity index is 2800. The first-order valence-corrected chi connectivity index (χ1v) is 17.7. The molecule has 0 saturated heterocycles. The van der Waals surface area contributed by atoms with E-state index in [2.05, 4.69) is 140 Å². The van der Waals surface area contributed by atoms with E-state index < -0.39 is 0 Å². The molecule has 0 N–H and O–H groups in total. The van der Waals surface area contributed by atoms with Gasteiger partial charge in [-0.1, -0.05) is 127 Å². The third-order valence-corrected chi connectivity index (χ3v) is 11.1. The second kappa shape index (κ2) is 10.7. The smallest absolute Gasteiger partial charge is 0.138 e. The van der Waals surface area contributed by atoms with Gasteiger partial charge >= 0.3 is 0 Å². The SMILES string of the molecule is C1=CCCC(c2c3ccccc3c(-c3ccc(C4=CC=C5Oc6c(ccc7cc8oc9ccccc9c8cc67)C5C4)cc3)c3ccccc23)=C1. The highest BCUT2D eigenvalue weighted by molar-refractivity contribution is 6.19. The second-order valence-corrected chi connectivity index (χ2v) is 13.8. The van der Waals surface area contributed by atoms with Gasteiger partial charge < -0.3 is 9.15 Å². The molecule has 1 aliphatic heterocycles. The van der Waals surface area contributed by atoms with E-state index in [1.807, 2.05) is 12.1 Å². The van der Waals surface area contributed by atoms with Gasteiger partial charge in [-0.15, -0.1) is 0 Å². The van der Waals surface area contributed by atoms with Crippen molar-refractivity contribution in [2.45, 2.75) is 25.2 Å². The van der Waals surface area contributed by atoms with Gasteiger partial charge in [0.25, 0.3) is 0 Å². The lowest BCUT2D eigenvalue weighted by molar-refractivity contribution is 0.430. The van der Waals surface area contributed by atoms with E-state index in [-0.39, 0.29) is 5.92 Å². The van der Waals surface area contributed by atoms with Crippen LogP contribution in [0.4, 0.5) is 0 Å². The fraction of sp³-hybridized carbons (Fsp3) is 0.0833. The monoisotopic (exact) mass is 640 g/mol. The van der Waals surface area contributed by atoms with E-state index in [0.29, 0.717) is 0 Å². The summed E-state index contributed by atoms with van der Waals surface area (Å²) in [6.07, 6.45) is 14.3. The third-order valence-electron chi connectivity index (χ3n) is 11.1. The van der Waals surface area contributed by atoms with Crippen molar-refractivity contribution in [3.05, 3.63) is 174 Å². The number of ether oxygens (including phenoxy) is 1. The molecule has 8 aromatic rings. The molecule has 1 unspecified atom stereocenters. The molecule has 2 heteroatoms. The highest BCUT2D eigenvalue weighted by Gasteiger charge is 2.34. The number of hydrogen-bond donors (Lipinski definition) is 0. The highest BCUT2D eigenvalue weighted by atomic mass is 16.5. The number of rotatable bonds is 3. The maximum Gasteiger partial charge on any atom is 0.138 e.